The van der Waals surface area contributed by atoms with E-state index >= 15 is 0 Å². The minimum atomic E-state index is -0.306. The van der Waals surface area contributed by atoms with Crippen LogP contribution < -0.4 is 0 Å². The molecule has 1 aromatic rings. The van der Waals surface area contributed by atoms with Gasteiger partial charge in [-0.25, -0.2) is 0 Å². The van der Waals surface area contributed by atoms with Gasteiger partial charge in [0.1, 0.15) is 6.04 Å². The molecule has 2 rings (SSSR count). The Hall–Kier alpha value is -1.96. The fourth-order valence-electron chi connectivity index (χ4n) is 2.23. The topological polar surface area (TPSA) is 69.9 Å². The number of aromatic nitrogens is 2. The zero-order valence-corrected chi connectivity index (χ0v) is 10.7. The van der Waals surface area contributed by atoms with Crippen molar-refractivity contribution in [3.63, 3.8) is 0 Å². The summed E-state index contributed by atoms with van der Waals surface area (Å²) >= 11 is 0. The van der Waals surface area contributed by atoms with Gasteiger partial charge in [-0.15, -0.1) is 0 Å². The number of nitriles is 1. The van der Waals surface area contributed by atoms with Crippen LogP contribution in [-0.2, 0) is 0 Å². The summed E-state index contributed by atoms with van der Waals surface area (Å²) in [6.45, 7) is 4.23. The number of carbonyl (C=O) groups excluding carboxylic acids is 1. The fraction of sp³-hybridized carbons (Fsp3) is 0.538. The maximum absolute atomic E-state index is 12.4. The van der Waals surface area contributed by atoms with E-state index in [1.165, 1.54) is 0 Å². The van der Waals surface area contributed by atoms with Gasteiger partial charge in [0, 0.05) is 6.54 Å². The fourth-order valence-corrected chi connectivity index (χ4v) is 2.23. The van der Waals surface area contributed by atoms with Gasteiger partial charge in [0.05, 0.1) is 23.0 Å². The van der Waals surface area contributed by atoms with Crippen molar-refractivity contribution in [2.45, 2.75) is 39.2 Å². The van der Waals surface area contributed by atoms with Gasteiger partial charge in [0.2, 0.25) is 0 Å². The Bertz CT molecular complexity index is 506. The predicted octanol–water partition coefficient (Wildman–Crippen LogP) is 1.61. The average Bonchev–Trinajstić information content (AvgIpc) is 2.40. The molecule has 1 atom stereocenters. The van der Waals surface area contributed by atoms with Gasteiger partial charge >= 0.3 is 0 Å². The SMILES string of the molecule is Cc1cc(C(=O)N2CCCCC2C#N)c(C)nn1. The lowest BCUT2D eigenvalue weighted by atomic mass is 10.0. The second kappa shape index (κ2) is 5.13. The van der Waals surface area contributed by atoms with E-state index in [-0.39, 0.29) is 11.9 Å². The Morgan fingerprint density at radius 2 is 2.22 bits per heavy atom. The van der Waals surface area contributed by atoms with Crippen molar-refractivity contribution in [2.75, 3.05) is 6.54 Å². The Morgan fingerprint density at radius 3 is 2.94 bits per heavy atom. The Morgan fingerprint density at radius 1 is 1.44 bits per heavy atom. The van der Waals surface area contributed by atoms with Crippen LogP contribution in [-0.4, -0.2) is 33.6 Å². The van der Waals surface area contributed by atoms with Crippen LogP contribution in [0.15, 0.2) is 6.07 Å². The first-order valence-electron chi connectivity index (χ1n) is 6.15. The van der Waals surface area contributed by atoms with Crippen LogP contribution >= 0.6 is 0 Å². The van der Waals surface area contributed by atoms with E-state index in [1.807, 2.05) is 0 Å². The third kappa shape index (κ3) is 2.33. The molecular formula is C13H16N4O. The second-order valence-corrected chi connectivity index (χ2v) is 4.62. The molecular weight excluding hydrogens is 228 g/mol. The molecule has 1 saturated heterocycles. The molecule has 0 bridgehead atoms. The summed E-state index contributed by atoms with van der Waals surface area (Å²) in [7, 11) is 0. The van der Waals surface area contributed by atoms with Crippen molar-refractivity contribution in [3.8, 4) is 6.07 Å². The third-order valence-corrected chi connectivity index (χ3v) is 3.24. The zero-order chi connectivity index (χ0) is 13.1. The van der Waals surface area contributed by atoms with Crippen LogP contribution in [0.2, 0.25) is 0 Å². The van der Waals surface area contributed by atoms with Crippen molar-refractivity contribution >= 4 is 5.91 Å². The highest BCUT2D eigenvalue weighted by Crippen LogP contribution is 2.20. The minimum Gasteiger partial charge on any atom is -0.323 e. The van der Waals surface area contributed by atoms with Gasteiger partial charge in [-0.3, -0.25) is 4.79 Å². The average molecular weight is 244 g/mol. The lowest BCUT2D eigenvalue weighted by Gasteiger charge is -2.31. The Balaban J connectivity index is 2.30. The van der Waals surface area contributed by atoms with Gasteiger partial charge in [-0.2, -0.15) is 15.5 Å². The summed E-state index contributed by atoms with van der Waals surface area (Å²) in [6.07, 6.45) is 2.73. The number of hydrogen-bond donors (Lipinski definition) is 0. The number of aryl methyl sites for hydroxylation is 2. The molecule has 0 radical (unpaired) electrons. The van der Waals surface area contributed by atoms with Crippen LogP contribution in [0.4, 0.5) is 0 Å². The first-order valence-corrected chi connectivity index (χ1v) is 6.15. The zero-order valence-electron chi connectivity index (χ0n) is 10.7. The summed E-state index contributed by atoms with van der Waals surface area (Å²) in [6, 6.07) is 3.65. The number of hydrogen-bond acceptors (Lipinski definition) is 4. The number of carbonyl (C=O) groups is 1. The van der Waals surface area contributed by atoms with E-state index in [0.717, 1.165) is 25.0 Å². The molecule has 0 spiro atoms. The second-order valence-electron chi connectivity index (χ2n) is 4.62. The Labute approximate surface area is 106 Å². The standard InChI is InChI=1S/C13H16N4O/c1-9-7-12(10(2)16-15-9)13(18)17-6-4-3-5-11(17)8-14/h7,11H,3-6H2,1-2H3. The van der Waals surface area contributed by atoms with Crippen LogP contribution in [0.3, 0.4) is 0 Å². The molecule has 18 heavy (non-hydrogen) atoms. The summed E-state index contributed by atoms with van der Waals surface area (Å²) in [4.78, 5) is 14.1. The molecule has 1 aliphatic rings. The molecule has 94 valence electrons. The molecule has 1 fully saturated rings. The van der Waals surface area contributed by atoms with E-state index in [0.29, 0.717) is 17.8 Å². The van der Waals surface area contributed by atoms with Crippen molar-refractivity contribution < 1.29 is 4.79 Å². The number of amides is 1. The monoisotopic (exact) mass is 244 g/mol. The molecule has 0 N–H and O–H groups in total. The molecule has 0 saturated carbocycles. The maximum Gasteiger partial charge on any atom is 0.256 e. The van der Waals surface area contributed by atoms with Gasteiger partial charge in [-0.05, 0) is 39.2 Å². The normalized spacial score (nSPS) is 19.4. The van der Waals surface area contributed by atoms with Crippen molar-refractivity contribution in [1.29, 1.82) is 5.26 Å². The highest BCUT2D eigenvalue weighted by molar-refractivity contribution is 5.95. The molecule has 0 aromatic carbocycles. The molecule has 1 aromatic heterocycles. The van der Waals surface area contributed by atoms with E-state index in [9.17, 15) is 4.79 Å². The van der Waals surface area contributed by atoms with Crippen molar-refractivity contribution in [3.05, 3.63) is 23.0 Å². The predicted molar refractivity (Wildman–Crippen MR) is 65.8 cm³/mol. The highest BCUT2D eigenvalue weighted by Gasteiger charge is 2.28. The first kappa shape index (κ1) is 12.5. The Kier molecular flexibility index (Phi) is 3.56. The molecule has 5 heteroatoms. The molecule has 0 aliphatic carbocycles. The largest absolute Gasteiger partial charge is 0.323 e. The summed E-state index contributed by atoms with van der Waals surface area (Å²) in [5, 5.41) is 17.0. The number of rotatable bonds is 1. The van der Waals surface area contributed by atoms with Crippen LogP contribution in [0, 0.1) is 25.2 Å². The van der Waals surface area contributed by atoms with Crippen LogP contribution in [0.1, 0.15) is 41.0 Å². The lowest BCUT2D eigenvalue weighted by molar-refractivity contribution is 0.0669. The third-order valence-electron chi connectivity index (χ3n) is 3.24. The summed E-state index contributed by atoms with van der Waals surface area (Å²) in [5.41, 5.74) is 1.90. The van der Waals surface area contributed by atoms with Gasteiger partial charge in [-0.1, -0.05) is 0 Å². The van der Waals surface area contributed by atoms with E-state index < -0.39 is 0 Å². The summed E-state index contributed by atoms with van der Waals surface area (Å²) < 4.78 is 0. The highest BCUT2D eigenvalue weighted by atomic mass is 16.2. The van der Waals surface area contributed by atoms with Gasteiger partial charge in [0.25, 0.3) is 5.91 Å². The lowest BCUT2D eigenvalue weighted by Crippen LogP contribution is -2.43. The van der Waals surface area contributed by atoms with Crippen LogP contribution in [0.5, 0.6) is 0 Å². The maximum atomic E-state index is 12.4. The first-order chi connectivity index (χ1) is 8.63. The molecule has 1 unspecified atom stereocenters. The molecule has 1 aliphatic heterocycles. The van der Waals surface area contributed by atoms with Crippen LogP contribution in [0.25, 0.3) is 0 Å². The quantitative estimate of drug-likeness (QED) is 0.752. The molecule has 5 nitrogen and oxygen atoms in total. The molecule has 1 amide bonds. The number of likely N-dealkylation sites (tertiary alicyclic amines) is 1. The van der Waals surface area contributed by atoms with Crippen molar-refractivity contribution in [1.82, 2.24) is 15.1 Å². The molecule has 2 heterocycles. The number of piperidine rings is 1. The van der Waals surface area contributed by atoms with Gasteiger partial charge in [0.15, 0.2) is 0 Å². The number of nitrogens with zero attached hydrogens (tertiary/aromatic N) is 4. The minimum absolute atomic E-state index is 0.100. The van der Waals surface area contributed by atoms with Crippen molar-refractivity contribution in [2.24, 2.45) is 0 Å². The summed E-state index contributed by atoms with van der Waals surface area (Å²) in [5.74, 6) is -0.100. The van der Waals surface area contributed by atoms with Gasteiger partial charge < -0.3 is 4.90 Å². The van der Waals surface area contributed by atoms with E-state index in [2.05, 4.69) is 16.3 Å². The smallest absolute Gasteiger partial charge is 0.256 e. The van der Waals surface area contributed by atoms with E-state index in [4.69, 9.17) is 5.26 Å². The van der Waals surface area contributed by atoms with E-state index in [1.54, 1.807) is 24.8 Å².